The molecule has 4 heterocycles. The van der Waals surface area contributed by atoms with Crippen LogP contribution >= 0.6 is 11.3 Å². The Morgan fingerprint density at radius 2 is 1.94 bits per heavy atom. The molecule has 0 saturated carbocycles. The van der Waals surface area contributed by atoms with Gasteiger partial charge in [0.2, 0.25) is 5.88 Å². The third-order valence-corrected chi connectivity index (χ3v) is 6.54. The number of nitrogens with zero attached hydrogens (tertiary/aromatic N) is 4. The van der Waals surface area contributed by atoms with Crippen LogP contribution in [0.3, 0.4) is 0 Å². The van der Waals surface area contributed by atoms with E-state index in [-0.39, 0.29) is 11.7 Å². The Bertz CT molecular complexity index is 1500. The maximum Gasteiger partial charge on any atom is 0.228 e. The minimum absolute atomic E-state index is 0.117. The molecule has 0 spiro atoms. The summed E-state index contributed by atoms with van der Waals surface area (Å²) in [4.78, 5) is 10.3. The first-order chi connectivity index (χ1) is 16.2. The fourth-order valence-electron chi connectivity index (χ4n) is 4.19. The van der Waals surface area contributed by atoms with Crippen molar-refractivity contribution in [2.45, 2.75) is 5.92 Å². The number of aromatic nitrogens is 4. The van der Waals surface area contributed by atoms with Crippen LogP contribution in [0, 0.1) is 0 Å². The molecule has 9 heteroatoms. The predicted octanol–water partition coefficient (Wildman–Crippen LogP) is 4.86. The number of phenolic OH excluding ortho intramolecular Hbond substituents is 1. The van der Waals surface area contributed by atoms with Gasteiger partial charge < -0.3 is 19.3 Å². The second kappa shape index (κ2) is 7.49. The summed E-state index contributed by atoms with van der Waals surface area (Å²) in [5, 5.41) is 16.7. The molecule has 3 aromatic heterocycles. The maximum atomic E-state index is 10.1. The zero-order chi connectivity index (χ0) is 22.5. The van der Waals surface area contributed by atoms with Gasteiger partial charge in [-0.25, -0.2) is 14.5 Å². The van der Waals surface area contributed by atoms with Crippen molar-refractivity contribution in [2.75, 3.05) is 14.2 Å². The van der Waals surface area contributed by atoms with Gasteiger partial charge in [0.05, 0.1) is 24.7 Å². The van der Waals surface area contributed by atoms with Crippen LogP contribution in [0.1, 0.15) is 22.6 Å². The van der Waals surface area contributed by atoms with Crippen molar-refractivity contribution in [3.8, 4) is 39.6 Å². The van der Waals surface area contributed by atoms with E-state index in [9.17, 15) is 5.11 Å². The number of methoxy groups -OCH3 is 2. The number of hydrogen-bond donors (Lipinski definition) is 1. The summed E-state index contributed by atoms with van der Waals surface area (Å²) >= 11 is 1.58. The van der Waals surface area contributed by atoms with E-state index < -0.39 is 0 Å². The van der Waals surface area contributed by atoms with E-state index in [4.69, 9.17) is 19.2 Å². The van der Waals surface area contributed by atoms with Crippen LogP contribution in [-0.4, -0.2) is 38.9 Å². The predicted molar refractivity (Wildman–Crippen MR) is 123 cm³/mol. The van der Waals surface area contributed by atoms with E-state index >= 15 is 0 Å². The minimum atomic E-state index is -0.277. The molecular formula is C24H18N4O4S. The van der Waals surface area contributed by atoms with Gasteiger partial charge in [-0.3, -0.25) is 0 Å². The molecule has 0 radical (unpaired) electrons. The number of phenols is 1. The molecule has 0 amide bonds. The second-order valence-electron chi connectivity index (χ2n) is 7.52. The monoisotopic (exact) mass is 458 g/mol. The van der Waals surface area contributed by atoms with Gasteiger partial charge in [0.1, 0.15) is 17.8 Å². The van der Waals surface area contributed by atoms with Gasteiger partial charge in [0.15, 0.2) is 23.0 Å². The Morgan fingerprint density at radius 3 is 2.73 bits per heavy atom. The average molecular weight is 458 g/mol. The van der Waals surface area contributed by atoms with Gasteiger partial charge in [-0.15, -0.1) is 16.4 Å². The average Bonchev–Trinajstić information content (AvgIpc) is 3.52. The van der Waals surface area contributed by atoms with Crippen LogP contribution in [0.5, 0.6) is 28.9 Å². The summed E-state index contributed by atoms with van der Waals surface area (Å²) in [6.45, 7) is 0. The Labute approximate surface area is 192 Å². The van der Waals surface area contributed by atoms with Crippen LogP contribution < -0.4 is 14.2 Å². The molecule has 6 rings (SSSR count). The minimum Gasteiger partial charge on any atom is -0.508 e. The number of hydrogen-bond acceptors (Lipinski definition) is 8. The molecule has 5 aromatic rings. The molecule has 0 saturated heterocycles. The normalized spacial score (nSPS) is 14.4. The van der Waals surface area contributed by atoms with E-state index in [2.05, 4.69) is 10.1 Å². The highest BCUT2D eigenvalue weighted by Crippen LogP contribution is 2.49. The number of ether oxygens (including phenoxy) is 3. The highest BCUT2D eigenvalue weighted by Gasteiger charge is 2.34. The van der Waals surface area contributed by atoms with E-state index in [0.717, 1.165) is 21.6 Å². The lowest BCUT2D eigenvalue weighted by atomic mass is 9.83. The van der Waals surface area contributed by atoms with Crippen molar-refractivity contribution in [3.63, 3.8) is 0 Å². The number of benzene rings is 2. The quantitative estimate of drug-likeness (QED) is 0.403. The molecule has 8 nitrogen and oxygen atoms in total. The van der Waals surface area contributed by atoms with Crippen molar-refractivity contribution >= 4 is 17.0 Å². The number of rotatable bonds is 4. The third-order valence-electron chi connectivity index (χ3n) is 5.67. The molecule has 0 bridgehead atoms. The van der Waals surface area contributed by atoms with Crippen molar-refractivity contribution in [3.05, 3.63) is 76.9 Å². The van der Waals surface area contributed by atoms with Gasteiger partial charge in [-0.2, -0.15) is 0 Å². The molecule has 1 atom stereocenters. The first-order valence-corrected chi connectivity index (χ1v) is 11.1. The zero-order valence-electron chi connectivity index (χ0n) is 17.7. The van der Waals surface area contributed by atoms with Crippen molar-refractivity contribution in [2.24, 2.45) is 0 Å². The molecule has 1 aliphatic rings. The topological polar surface area (TPSA) is 91.0 Å². The summed E-state index contributed by atoms with van der Waals surface area (Å²) in [7, 11) is 3.21. The molecule has 164 valence electrons. The molecule has 33 heavy (non-hydrogen) atoms. The van der Waals surface area contributed by atoms with E-state index in [0.29, 0.717) is 34.6 Å². The van der Waals surface area contributed by atoms with Crippen LogP contribution in [0.2, 0.25) is 0 Å². The van der Waals surface area contributed by atoms with E-state index in [1.165, 1.54) is 0 Å². The summed E-state index contributed by atoms with van der Waals surface area (Å²) < 4.78 is 18.8. The summed E-state index contributed by atoms with van der Waals surface area (Å²) in [6, 6.07) is 14.9. The smallest absolute Gasteiger partial charge is 0.228 e. The Morgan fingerprint density at radius 1 is 1.06 bits per heavy atom. The lowest BCUT2D eigenvalue weighted by Crippen LogP contribution is -2.15. The lowest BCUT2D eigenvalue weighted by Gasteiger charge is -2.28. The van der Waals surface area contributed by atoms with Crippen molar-refractivity contribution in [1.82, 2.24) is 19.6 Å². The zero-order valence-corrected chi connectivity index (χ0v) is 18.5. The van der Waals surface area contributed by atoms with Crippen LogP contribution in [0.25, 0.3) is 16.3 Å². The summed E-state index contributed by atoms with van der Waals surface area (Å²) in [5.41, 5.74) is 3.27. The maximum absolute atomic E-state index is 10.1. The molecule has 1 N–H and O–H groups in total. The first-order valence-electron chi connectivity index (χ1n) is 10.2. The highest BCUT2D eigenvalue weighted by atomic mass is 32.1. The third kappa shape index (κ3) is 3.08. The summed E-state index contributed by atoms with van der Waals surface area (Å²) in [5.74, 6) is 2.68. The number of fused-ring (bicyclic) bond motifs is 4. The molecule has 0 fully saturated rings. The van der Waals surface area contributed by atoms with Gasteiger partial charge >= 0.3 is 0 Å². The molecule has 1 unspecified atom stereocenters. The SMILES string of the molecule is COc1ccc(C2c3ccc(O)cc3Oc3ncn4nc(-c5cccs5)nc4c32)cc1OC. The van der Waals surface area contributed by atoms with Crippen LogP contribution in [0.15, 0.2) is 60.2 Å². The van der Waals surface area contributed by atoms with Crippen LogP contribution in [-0.2, 0) is 0 Å². The van der Waals surface area contributed by atoms with Crippen molar-refractivity contribution in [1.29, 1.82) is 0 Å². The van der Waals surface area contributed by atoms with Gasteiger partial charge in [-0.1, -0.05) is 18.2 Å². The molecule has 0 aliphatic carbocycles. The Kier molecular flexibility index (Phi) is 4.44. The van der Waals surface area contributed by atoms with Gasteiger partial charge in [0, 0.05) is 17.5 Å². The fraction of sp³-hybridized carbons (Fsp3) is 0.125. The van der Waals surface area contributed by atoms with E-state index in [1.807, 2.05) is 41.8 Å². The first kappa shape index (κ1) is 19.6. The number of thiophene rings is 1. The number of aromatic hydroxyl groups is 1. The summed E-state index contributed by atoms with van der Waals surface area (Å²) in [6.07, 6.45) is 1.59. The standard InChI is InChI=1S/C24H18N4O4S/c1-30-16-8-5-13(10-18(16)31-2)20-15-7-6-14(29)11-17(15)32-24-21(20)23-26-22(19-4-3-9-33-19)27-28(23)12-25-24/h3-12,20,29H,1-2H3. The molecule has 1 aliphatic heterocycles. The van der Waals surface area contributed by atoms with E-state index in [1.54, 1.807) is 48.5 Å². The lowest BCUT2D eigenvalue weighted by molar-refractivity contribution is 0.354. The van der Waals surface area contributed by atoms with Crippen LogP contribution in [0.4, 0.5) is 0 Å². The largest absolute Gasteiger partial charge is 0.508 e. The molecular weight excluding hydrogens is 440 g/mol. The van der Waals surface area contributed by atoms with Crippen molar-refractivity contribution < 1.29 is 19.3 Å². The molecule has 2 aromatic carbocycles. The van der Waals surface area contributed by atoms with Gasteiger partial charge in [-0.05, 0) is 35.2 Å². The Balaban J connectivity index is 1.62. The second-order valence-corrected chi connectivity index (χ2v) is 8.46. The van der Waals surface area contributed by atoms with Gasteiger partial charge in [0.25, 0.3) is 0 Å². The Hall–Kier alpha value is -4.11. The fourth-order valence-corrected chi connectivity index (χ4v) is 4.84. The highest BCUT2D eigenvalue weighted by molar-refractivity contribution is 7.13.